The molecule has 0 saturated carbocycles. The number of benzene rings is 2. The number of aryl methyl sites for hydroxylation is 1. The molecule has 3 aromatic rings. The third-order valence-electron chi connectivity index (χ3n) is 3.40. The Morgan fingerprint density at radius 1 is 1.00 bits per heavy atom. The minimum atomic E-state index is 0.382. The molecule has 1 N–H and O–H groups in total. The first-order chi connectivity index (χ1) is 10.5. The number of hydrogen-bond donors (Lipinski definition) is 1. The highest BCUT2D eigenvalue weighted by atomic mass is 35.5. The van der Waals surface area contributed by atoms with E-state index in [1.807, 2.05) is 49.4 Å². The van der Waals surface area contributed by atoms with Gasteiger partial charge < -0.3 is 4.98 Å². The summed E-state index contributed by atoms with van der Waals surface area (Å²) >= 11 is 18.1. The van der Waals surface area contributed by atoms with E-state index in [0.717, 1.165) is 28.3 Å². The van der Waals surface area contributed by atoms with Crippen LogP contribution in [0.2, 0.25) is 15.1 Å². The summed E-state index contributed by atoms with van der Waals surface area (Å²) < 4.78 is 0. The highest BCUT2D eigenvalue weighted by Gasteiger charge is 2.11. The van der Waals surface area contributed by atoms with Crippen molar-refractivity contribution in [3.63, 3.8) is 0 Å². The largest absolute Gasteiger partial charge is 0.345 e. The van der Waals surface area contributed by atoms with Crippen LogP contribution >= 0.6 is 34.8 Å². The number of imidazole rings is 1. The molecule has 5 heteroatoms. The second kappa shape index (κ2) is 6.33. The fourth-order valence-electron chi connectivity index (χ4n) is 2.39. The number of H-pyrrole nitrogens is 1. The van der Waals surface area contributed by atoms with Crippen LogP contribution in [0.5, 0.6) is 0 Å². The van der Waals surface area contributed by atoms with Crippen LogP contribution in [-0.2, 0) is 6.42 Å². The summed E-state index contributed by atoms with van der Waals surface area (Å²) in [5.41, 5.74) is 4.05. The smallest absolute Gasteiger partial charge is 0.111 e. The lowest BCUT2D eigenvalue weighted by Crippen LogP contribution is -1.92. The normalized spacial score (nSPS) is 10.9. The van der Waals surface area contributed by atoms with Crippen LogP contribution in [0.4, 0.5) is 0 Å². The van der Waals surface area contributed by atoms with Gasteiger partial charge in [-0.3, -0.25) is 0 Å². The van der Waals surface area contributed by atoms with Crippen LogP contribution in [-0.4, -0.2) is 9.97 Å². The standard InChI is InChI=1S/C17H13Cl3N2/c1-10-17(12-5-3-2-4-6-12)22-15(21-10)9-11-7-13(18)16(20)14(19)8-11/h2-8H,9H2,1H3,(H,21,22). The third-order valence-corrected chi connectivity index (χ3v) is 4.59. The summed E-state index contributed by atoms with van der Waals surface area (Å²) in [7, 11) is 0. The van der Waals surface area contributed by atoms with Crippen molar-refractivity contribution < 1.29 is 0 Å². The molecule has 0 amide bonds. The van der Waals surface area contributed by atoms with Gasteiger partial charge in [0, 0.05) is 17.7 Å². The predicted octanol–water partition coefficient (Wildman–Crippen LogP) is 5.94. The van der Waals surface area contributed by atoms with Gasteiger partial charge in [-0.15, -0.1) is 0 Å². The van der Waals surface area contributed by atoms with Gasteiger partial charge in [-0.1, -0.05) is 65.1 Å². The van der Waals surface area contributed by atoms with Gasteiger partial charge in [0.2, 0.25) is 0 Å². The molecule has 0 atom stereocenters. The fraction of sp³-hybridized carbons (Fsp3) is 0.118. The van der Waals surface area contributed by atoms with Gasteiger partial charge in [-0.05, 0) is 24.6 Å². The monoisotopic (exact) mass is 350 g/mol. The molecular formula is C17H13Cl3N2. The molecule has 112 valence electrons. The molecule has 3 rings (SSSR count). The molecule has 0 spiro atoms. The number of hydrogen-bond acceptors (Lipinski definition) is 1. The van der Waals surface area contributed by atoms with E-state index in [4.69, 9.17) is 34.8 Å². The molecule has 1 heterocycles. The van der Waals surface area contributed by atoms with Gasteiger partial charge >= 0.3 is 0 Å². The zero-order chi connectivity index (χ0) is 15.7. The SMILES string of the molecule is Cc1[nH]c(Cc2cc(Cl)c(Cl)c(Cl)c2)nc1-c1ccccc1. The first kappa shape index (κ1) is 15.4. The summed E-state index contributed by atoms with van der Waals surface area (Å²) in [5, 5.41) is 1.29. The van der Waals surface area contributed by atoms with E-state index in [1.165, 1.54) is 0 Å². The Bertz CT molecular complexity index is 787. The van der Waals surface area contributed by atoms with Crippen molar-refractivity contribution in [2.45, 2.75) is 13.3 Å². The fourth-order valence-corrected chi connectivity index (χ4v) is 3.03. The maximum atomic E-state index is 6.07. The van der Waals surface area contributed by atoms with Gasteiger partial charge in [-0.25, -0.2) is 4.98 Å². The minimum absolute atomic E-state index is 0.382. The van der Waals surface area contributed by atoms with Gasteiger partial charge in [-0.2, -0.15) is 0 Å². The van der Waals surface area contributed by atoms with E-state index in [-0.39, 0.29) is 0 Å². The van der Waals surface area contributed by atoms with Crippen molar-refractivity contribution in [3.05, 3.63) is 74.6 Å². The van der Waals surface area contributed by atoms with Gasteiger partial charge in [0.15, 0.2) is 0 Å². The lowest BCUT2D eigenvalue weighted by molar-refractivity contribution is 1.02. The first-order valence-electron chi connectivity index (χ1n) is 6.79. The van der Waals surface area contributed by atoms with Crippen molar-refractivity contribution in [1.82, 2.24) is 9.97 Å². The van der Waals surface area contributed by atoms with Crippen molar-refractivity contribution in [2.75, 3.05) is 0 Å². The van der Waals surface area contributed by atoms with Crippen LogP contribution in [0.15, 0.2) is 42.5 Å². The highest BCUT2D eigenvalue weighted by Crippen LogP contribution is 2.32. The van der Waals surface area contributed by atoms with E-state index in [2.05, 4.69) is 9.97 Å². The summed E-state index contributed by atoms with van der Waals surface area (Å²) in [6, 6.07) is 13.7. The molecule has 1 aromatic heterocycles. The average Bonchev–Trinajstić information content (AvgIpc) is 2.86. The van der Waals surface area contributed by atoms with Crippen molar-refractivity contribution in [3.8, 4) is 11.3 Å². The molecule has 0 bridgehead atoms. The lowest BCUT2D eigenvalue weighted by Gasteiger charge is -2.03. The van der Waals surface area contributed by atoms with E-state index in [0.29, 0.717) is 21.5 Å². The zero-order valence-corrected chi connectivity index (χ0v) is 14.1. The van der Waals surface area contributed by atoms with Gasteiger partial charge in [0.25, 0.3) is 0 Å². The molecule has 0 aliphatic rings. The van der Waals surface area contributed by atoms with E-state index < -0.39 is 0 Å². The second-order valence-electron chi connectivity index (χ2n) is 5.07. The van der Waals surface area contributed by atoms with Crippen molar-refractivity contribution >= 4 is 34.8 Å². The van der Waals surface area contributed by atoms with Gasteiger partial charge in [0.1, 0.15) is 5.82 Å². The second-order valence-corrected chi connectivity index (χ2v) is 6.27. The number of nitrogens with zero attached hydrogens (tertiary/aromatic N) is 1. The number of aromatic amines is 1. The number of halogens is 3. The Kier molecular flexibility index (Phi) is 4.44. The number of rotatable bonds is 3. The maximum absolute atomic E-state index is 6.07. The summed E-state index contributed by atoms with van der Waals surface area (Å²) in [6.07, 6.45) is 0.615. The Morgan fingerprint density at radius 3 is 2.27 bits per heavy atom. The quantitative estimate of drug-likeness (QED) is 0.581. The molecule has 0 radical (unpaired) electrons. The predicted molar refractivity (Wildman–Crippen MR) is 93.0 cm³/mol. The number of nitrogens with one attached hydrogen (secondary N) is 1. The Labute approximate surface area is 144 Å². The molecule has 0 unspecified atom stereocenters. The Balaban J connectivity index is 1.91. The molecule has 2 aromatic carbocycles. The van der Waals surface area contributed by atoms with Crippen LogP contribution in [0.1, 0.15) is 17.1 Å². The molecular weight excluding hydrogens is 339 g/mol. The summed E-state index contributed by atoms with van der Waals surface area (Å²) in [4.78, 5) is 8.00. The average molecular weight is 352 g/mol. The van der Waals surface area contributed by atoms with E-state index in [1.54, 1.807) is 0 Å². The van der Waals surface area contributed by atoms with Crippen LogP contribution in [0.25, 0.3) is 11.3 Å². The Morgan fingerprint density at radius 2 is 1.64 bits per heavy atom. The van der Waals surface area contributed by atoms with Crippen molar-refractivity contribution in [1.29, 1.82) is 0 Å². The molecule has 0 saturated heterocycles. The van der Waals surface area contributed by atoms with E-state index >= 15 is 0 Å². The van der Waals surface area contributed by atoms with Crippen LogP contribution < -0.4 is 0 Å². The van der Waals surface area contributed by atoms with E-state index in [9.17, 15) is 0 Å². The van der Waals surface area contributed by atoms with Crippen LogP contribution in [0, 0.1) is 6.92 Å². The molecule has 0 fully saturated rings. The van der Waals surface area contributed by atoms with Crippen molar-refractivity contribution in [2.24, 2.45) is 0 Å². The maximum Gasteiger partial charge on any atom is 0.111 e. The number of aromatic nitrogens is 2. The third kappa shape index (κ3) is 3.14. The van der Waals surface area contributed by atoms with Crippen LogP contribution in [0.3, 0.4) is 0 Å². The topological polar surface area (TPSA) is 28.7 Å². The summed E-state index contributed by atoms with van der Waals surface area (Å²) in [6.45, 7) is 2.01. The highest BCUT2D eigenvalue weighted by molar-refractivity contribution is 6.48. The molecule has 0 aliphatic heterocycles. The zero-order valence-electron chi connectivity index (χ0n) is 11.8. The molecule has 22 heavy (non-hydrogen) atoms. The molecule has 0 aliphatic carbocycles. The van der Waals surface area contributed by atoms with Gasteiger partial charge in [0.05, 0.1) is 20.8 Å². The first-order valence-corrected chi connectivity index (χ1v) is 7.92. The minimum Gasteiger partial charge on any atom is -0.345 e. The lowest BCUT2D eigenvalue weighted by atomic mass is 10.1. The molecule has 2 nitrogen and oxygen atoms in total. The summed E-state index contributed by atoms with van der Waals surface area (Å²) in [5.74, 6) is 0.866. The Hall–Kier alpha value is -1.48.